The normalized spacial score (nSPS) is 26.3. The molecule has 152 valence electrons. The number of pyridine rings is 1. The topological polar surface area (TPSA) is 65.5 Å². The van der Waals surface area contributed by atoms with Gasteiger partial charge < -0.3 is 9.80 Å². The van der Waals surface area contributed by atoms with Crippen LogP contribution in [0.25, 0.3) is 0 Å². The molecule has 2 atom stereocenters. The van der Waals surface area contributed by atoms with E-state index in [1.807, 2.05) is 38.6 Å². The lowest BCUT2D eigenvalue weighted by Crippen LogP contribution is -2.56. The first-order valence-electron chi connectivity index (χ1n) is 10.5. The number of fused-ring (bicyclic) bond motifs is 2. The molecule has 5 rings (SSSR count). The molecule has 1 amide bonds. The van der Waals surface area contributed by atoms with Crippen LogP contribution >= 0.6 is 0 Å². The monoisotopic (exact) mass is 392 g/mol. The lowest BCUT2D eigenvalue weighted by Gasteiger charge is -2.46. The van der Waals surface area contributed by atoms with E-state index in [1.54, 1.807) is 6.20 Å². The van der Waals surface area contributed by atoms with Crippen LogP contribution in [0.1, 0.15) is 24.0 Å². The van der Waals surface area contributed by atoms with Crippen LogP contribution in [0.2, 0.25) is 0 Å². The molecule has 0 unspecified atom stereocenters. The van der Waals surface area contributed by atoms with Gasteiger partial charge in [-0.3, -0.25) is 14.7 Å². The summed E-state index contributed by atoms with van der Waals surface area (Å²) in [7, 11) is 2.02. The van der Waals surface area contributed by atoms with Gasteiger partial charge in [-0.2, -0.15) is 0 Å². The Hall–Kier alpha value is -2.54. The molecule has 7 heteroatoms. The van der Waals surface area contributed by atoms with Gasteiger partial charge >= 0.3 is 0 Å². The van der Waals surface area contributed by atoms with E-state index in [0.29, 0.717) is 11.8 Å². The van der Waals surface area contributed by atoms with Crippen LogP contribution in [0.5, 0.6) is 0 Å². The fourth-order valence-corrected chi connectivity index (χ4v) is 5.63. The minimum atomic E-state index is -0.0351. The highest BCUT2D eigenvalue weighted by Gasteiger charge is 2.60. The number of hydrogen-bond donors (Lipinski definition) is 0. The molecule has 0 aliphatic carbocycles. The van der Waals surface area contributed by atoms with Crippen molar-refractivity contribution in [1.82, 2.24) is 24.8 Å². The number of piperidine rings is 1. The molecule has 3 aliphatic rings. The Bertz CT molecular complexity index is 878. The van der Waals surface area contributed by atoms with Crippen molar-refractivity contribution in [3.8, 4) is 0 Å². The molecule has 0 radical (unpaired) electrons. The van der Waals surface area contributed by atoms with E-state index in [0.717, 1.165) is 57.1 Å². The van der Waals surface area contributed by atoms with Crippen LogP contribution in [0.15, 0.2) is 36.9 Å². The van der Waals surface area contributed by atoms with E-state index in [9.17, 15) is 4.79 Å². The standard InChI is InChI=1S/C22H28N6O/c1-16-10-24-21(25-11-16)28-8-5-22(6-9-28)19-15-27(13-17-4-3-7-23-12-17)14-18(19)20(29)26(22)2/h3-4,7,10-12,18-19H,5-6,8-9,13-15H2,1-2H3/t18-,19+/m1/s1. The molecule has 29 heavy (non-hydrogen) atoms. The fraction of sp³-hybridized carbons (Fsp3) is 0.545. The van der Waals surface area contributed by atoms with Gasteiger partial charge in [0.05, 0.1) is 11.5 Å². The maximum Gasteiger partial charge on any atom is 0.227 e. The third-order valence-electron chi connectivity index (χ3n) is 7.21. The molecular formula is C22H28N6O. The number of hydrogen-bond acceptors (Lipinski definition) is 6. The largest absolute Gasteiger partial charge is 0.341 e. The number of amides is 1. The van der Waals surface area contributed by atoms with Crippen molar-refractivity contribution in [1.29, 1.82) is 0 Å². The Morgan fingerprint density at radius 2 is 1.90 bits per heavy atom. The van der Waals surface area contributed by atoms with Crippen molar-refractivity contribution in [3.05, 3.63) is 48.0 Å². The summed E-state index contributed by atoms with van der Waals surface area (Å²) in [5.41, 5.74) is 2.26. The highest BCUT2D eigenvalue weighted by molar-refractivity contribution is 5.83. The van der Waals surface area contributed by atoms with Crippen molar-refractivity contribution in [2.75, 3.05) is 38.1 Å². The third kappa shape index (κ3) is 3.08. The summed E-state index contributed by atoms with van der Waals surface area (Å²) in [5, 5.41) is 0. The van der Waals surface area contributed by atoms with Crippen LogP contribution in [-0.2, 0) is 11.3 Å². The van der Waals surface area contributed by atoms with Crippen molar-refractivity contribution < 1.29 is 4.79 Å². The molecule has 2 aromatic heterocycles. The Morgan fingerprint density at radius 3 is 2.59 bits per heavy atom. The van der Waals surface area contributed by atoms with E-state index in [2.05, 4.69) is 35.7 Å². The zero-order valence-electron chi connectivity index (χ0n) is 17.2. The first-order valence-corrected chi connectivity index (χ1v) is 10.5. The molecule has 2 aromatic rings. The number of likely N-dealkylation sites (tertiary alicyclic amines) is 2. The molecule has 3 aliphatic heterocycles. The van der Waals surface area contributed by atoms with Crippen LogP contribution in [0.4, 0.5) is 5.95 Å². The minimum Gasteiger partial charge on any atom is -0.341 e. The van der Waals surface area contributed by atoms with Gasteiger partial charge in [-0.15, -0.1) is 0 Å². The zero-order valence-corrected chi connectivity index (χ0v) is 17.2. The second-order valence-electron chi connectivity index (χ2n) is 8.82. The summed E-state index contributed by atoms with van der Waals surface area (Å²) in [6.07, 6.45) is 9.45. The lowest BCUT2D eigenvalue weighted by atomic mass is 9.75. The first kappa shape index (κ1) is 18.5. The van der Waals surface area contributed by atoms with Gasteiger partial charge in [0.2, 0.25) is 11.9 Å². The predicted octanol–water partition coefficient (Wildman–Crippen LogP) is 1.74. The summed E-state index contributed by atoms with van der Waals surface area (Å²) in [4.78, 5) is 33.1. The number of aromatic nitrogens is 3. The Labute approximate surface area is 171 Å². The van der Waals surface area contributed by atoms with Gasteiger partial charge in [-0.25, -0.2) is 9.97 Å². The second-order valence-corrected chi connectivity index (χ2v) is 8.82. The molecule has 1 spiro atoms. The number of rotatable bonds is 3. The first-order chi connectivity index (χ1) is 14.1. The number of nitrogens with zero attached hydrogens (tertiary/aromatic N) is 6. The average Bonchev–Trinajstić information content (AvgIpc) is 3.24. The number of anilines is 1. The van der Waals surface area contributed by atoms with Crippen molar-refractivity contribution >= 4 is 11.9 Å². The number of aryl methyl sites for hydroxylation is 1. The van der Waals surface area contributed by atoms with E-state index in [4.69, 9.17) is 0 Å². The molecule has 7 nitrogen and oxygen atoms in total. The highest BCUT2D eigenvalue weighted by atomic mass is 16.2. The third-order valence-corrected chi connectivity index (χ3v) is 7.21. The molecule has 5 heterocycles. The van der Waals surface area contributed by atoms with E-state index < -0.39 is 0 Å². The summed E-state index contributed by atoms with van der Waals surface area (Å²) in [6, 6.07) is 4.10. The van der Waals surface area contributed by atoms with E-state index in [-0.39, 0.29) is 11.5 Å². The summed E-state index contributed by atoms with van der Waals surface area (Å²) in [5.74, 6) is 1.65. The summed E-state index contributed by atoms with van der Waals surface area (Å²) >= 11 is 0. The maximum absolute atomic E-state index is 13.1. The molecule has 0 bridgehead atoms. The average molecular weight is 393 g/mol. The quantitative estimate of drug-likeness (QED) is 0.793. The number of carbonyl (C=O) groups is 1. The Morgan fingerprint density at radius 1 is 1.14 bits per heavy atom. The molecular weight excluding hydrogens is 364 g/mol. The van der Waals surface area contributed by atoms with Gasteiger partial charge in [0.15, 0.2) is 0 Å². The van der Waals surface area contributed by atoms with Gasteiger partial charge in [-0.1, -0.05) is 6.07 Å². The smallest absolute Gasteiger partial charge is 0.227 e. The molecule has 3 fully saturated rings. The maximum atomic E-state index is 13.1. The van der Waals surface area contributed by atoms with Crippen molar-refractivity contribution in [2.24, 2.45) is 11.8 Å². The van der Waals surface area contributed by atoms with Crippen molar-refractivity contribution in [2.45, 2.75) is 31.8 Å². The molecule has 0 saturated carbocycles. The molecule has 0 N–H and O–H groups in total. The van der Waals surface area contributed by atoms with Gasteiger partial charge in [0, 0.05) is 70.5 Å². The SMILES string of the molecule is Cc1cnc(N2CCC3(CC2)[C@H]2CN(Cc4cccnc4)C[C@H]2C(=O)N3C)nc1. The van der Waals surface area contributed by atoms with Crippen LogP contribution in [-0.4, -0.2) is 69.4 Å². The van der Waals surface area contributed by atoms with Gasteiger partial charge in [0.25, 0.3) is 0 Å². The van der Waals surface area contributed by atoms with E-state index >= 15 is 0 Å². The van der Waals surface area contributed by atoms with Gasteiger partial charge in [0.1, 0.15) is 0 Å². The minimum absolute atomic E-state index is 0.0351. The molecule has 3 saturated heterocycles. The fourth-order valence-electron chi connectivity index (χ4n) is 5.63. The number of carbonyl (C=O) groups excluding carboxylic acids is 1. The van der Waals surface area contributed by atoms with Crippen LogP contribution in [0, 0.1) is 18.8 Å². The second kappa shape index (κ2) is 7.06. The zero-order chi connectivity index (χ0) is 20.0. The van der Waals surface area contributed by atoms with Crippen LogP contribution < -0.4 is 4.90 Å². The summed E-state index contributed by atoms with van der Waals surface area (Å²) < 4.78 is 0. The summed E-state index contributed by atoms with van der Waals surface area (Å²) in [6.45, 7) is 6.51. The van der Waals surface area contributed by atoms with Gasteiger partial charge in [-0.05, 0) is 37.0 Å². The van der Waals surface area contributed by atoms with Crippen molar-refractivity contribution in [3.63, 3.8) is 0 Å². The van der Waals surface area contributed by atoms with Crippen LogP contribution in [0.3, 0.4) is 0 Å². The molecule has 0 aromatic carbocycles. The predicted molar refractivity (Wildman–Crippen MR) is 110 cm³/mol. The Kier molecular flexibility index (Phi) is 4.50. The highest BCUT2D eigenvalue weighted by Crippen LogP contribution is 2.49. The van der Waals surface area contributed by atoms with E-state index in [1.165, 1.54) is 5.56 Å². The Balaban J connectivity index is 1.31. The lowest BCUT2D eigenvalue weighted by molar-refractivity contribution is -0.133.